The van der Waals surface area contributed by atoms with Crippen molar-refractivity contribution in [1.29, 1.82) is 0 Å². The Bertz CT molecular complexity index is 701. The van der Waals surface area contributed by atoms with Crippen LogP contribution in [0.25, 0.3) is 0 Å². The summed E-state index contributed by atoms with van der Waals surface area (Å²) in [6.45, 7) is 1.68. The number of nitrogens with zero attached hydrogens (tertiary/aromatic N) is 1. The first kappa shape index (κ1) is 17.4. The van der Waals surface area contributed by atoms with E-state index in [0.717, 1.165) is 0 Å². The highest BCUT2D eigenvalue weighted by Gasteiger charge is 2.35. The molecule has 0 saturated heterocycles. The molecule has 7 nitrogen and oxygen atoms in total. The summed E-state index contributed by atoms with van der Waals surface area (Å²) in [5.41, 5.74) is 1.45. The molecule has 0 fully saturated rings. The van der Waals surface area contributed by atoms with E-state index in [4.69, 9.17) is 9.47 Å². The lowest BCUT2D eigenvalue weighted by atomic mass is 9.94. The number of nitrogens with one attached hydrogen (secondary N) is 1. The fraction of sp³-hybridized carbons (Fsp3) is 0.333. The molecular formula is C15H17IN2O5. The first-order chi connectivity index (χ1) is 10.8. The van der Waals surface area contributed by atoms with Gasteiger partial charge in [-0.3, -0.25) is 0 Å². The van der Waals surface area contributed by atoms with E-state index in [1.54, 1.807) is 26.1 Å². The number of rotatable bonds is 3. The highest BCUT2D eigenvalue weighted by Crippen LogP contribution is 2.38. The number of amides is 2. The van der Waals surface area contributed by atoms with Gasteiger partial charge in [-0.25, -0.2) is 9.59 Å². The molecule has 1 aromatic carbocycles. The van der Waals surface area contributed by atoms with Gasteiger partial charge in [0.15, 0.2) is 11.5 Å². The molecule has 1 aliphatic heterocycles. The van der Waals surface area contributed by atoms with Gasteiger partial charge < -0.3 is 24.8 Å². The van der Waals surface area contributed by atoms with Crippen LogP contribution in [0.4, 0.5) is 4.79 Å². The van der Waals surface area contributed by atoms with Crippen LogP contribution in [0.2, 0.25) is 0 Å². The molecule has 124 valence electrons. The zero-order valence-electron chi connectivity index (χ0n) is 13.1. The number of benzene rings is 1. The number of phenols is 1. The molecule has 0 unspecified atom stereocenters. The summed E-state index contributed by atoms with van der Waals surface area (Å²) < 4.78 is 10.5. The maximum Gasteiger partial charge on any atom is 0.337 e. The molecule has 1 heterocycles. The van der Waals surface area contributed by atoms with Crippen molar-refractivity contribution in [2.45, 2.75) is 13.0 Å². The van der Waals surface area contributed by atoms with Crippen LogP contribution in [0.1, 0.15) is 18.5 Å². The number of hydrogen-bond acceptors (Lipinski definition) is 5. The van der Waals surface area contributed by atoms with E-state index in [1.807, 2.05) is 22.6 Å². The molecule has 8 heteroatoms. The number of phenolic OH excluding ortho intramolecular Hbond substituents is 1. The fourth-order valence-corrected chi connectivity index (χ4v) is 3.00. The number of aromatic hydroxyl groups is 1. The fourth-order valence-electron chi connectivity index (χ4n) is 2.38. The number of allylic oxidation sites excluding steroid dienone is 1. The molecule has 1 aliphatic rings. The van der Waals surface area contributed by atoms with E-state index in [9.17, 15) is 14.7 Å². The van der Waals surface area contributed by atoms with Gasteiger partial charge in [0.25, 0.3) is 0 Å². The van der Waals surface area contributed by atoms with Crippen LogP contribution >= 0.6 is 22.6 Å². The Morgan fingerprint density at radius 2 is 2.04 bits per heavy atom. The lowest BCUT2D eigenvalue weighted by Crippen LogP contribution is -2.46. The van der Waals surface area contributed by atoms with Gasteiger partial charge in [0.2, 0.25) is 0 Å². The molecule has 1 atom stereocenters. The zero-order chi connectivity index (χ0) is 17.3. The normalized spacial score (nSPS) is 17.9. The van der Waals surface area contributed by atoms with Crippen molar-refractivity contribution >= 4 is 34.6 Å². The number of carbonyl (C=O) groups is 2. The highest BCUT2D eigenvalue weighted by atomic mass is 127. The SMILES string of the molecule is COC(=O)C1=C(C)N(C)C(=O)N[C@@H]1c1cc(I)c(O)c(OC)c1. The van der Waals surface area contributed by atoms with Crippen molar-refractivity contribution in [3.05, 3.63) is 32.5 Å². The van der Waals surface area contributed by atoms with Gasteiger partial charge in [0.1, 0.15) is 0 Å². The smallest absolute Gasteiger partial charge is 0.337 e. The second-order valence-electron chi connectivity index (χ2n) is 4.99. The largest absolute Gasteiger partial charge is 0.504 e. The Kier molecular flexibility index (Phi) is 5.03. The molecule has 2 amide bonds. The number of esters is 1. The second kappa shape index (κ2) is 6.65. The van der Waals surface area contributed by atoms with Crippen molar-refractivity contribution in [3.8, 4) is 11.5 Å². The van der Waals surface area contributed by atoms with E-state index >= 15 is 0 Å². The third-order valence-corrected chi connectivity index (χ3v) is 4.59. The monoisotopic (exact) mass is 432 g/mol. The van der Waals surface area contributed by atoms with Crippen LogP contribution < -0.4 is 10.1 Å². The molecule has 0 radical (unpaired) electrons. The maximum absolute atomic E-state index is 12.2. The molecular weight excluding hydrogens is 415 g/mol. The third-order valence-electron chi connectivity index (χ3n) is 3.76. The molecule has 1 aromatic rings. The number of urea groups is 1. The van der Waals surface area contributed by atoms with Crippen LogP contribution in [-0.2, 0) is 9.53 Å². The van der Waals surface area contributed by atoms with E-state index in [0.29, 0.717) is 20.4 Å². The minimum absolute atomic E-state index is 0.0106. The van der Waals surface area contributed by atoms with Gasteiger partial charge in [-0.1, -0.05) is 0 Å². The zero-order valence-corrected chi connectivity index (χ0v) is 15.3. The van der Waals surface area contributed by atoms with Crippen LogP contribution in [0.15, 0.2) is 23.4 Å². The standard InChI is InChI=1S/C15H17IN2O5/c1-7-11(14(20)23-4)12(17-15(21)18(7)2)8-5-9(16)13(19)10(6-8)22-3/h5-6,12,19H,1-4H3,(H,17,21)/t12-/m1/s1. The first-order valence-corrected chi connectivity index (χ1v) is 7.79. The van der Waals surface area contributed by atoms with E-state index in [1.165, 1.54) is 19.1 Å². The summed E-state index contributed by atoms with van der Waals surface area (Å²) in [4.78, 5) is 25.6. The summed E-state index contributed by atoms with van der Waals surface area (Å²) in [5.74, 6) is -0.250. The Labute approximate surface area is 147 Å². The van der Waals surface area contributed by atoms with Crippen molar-refractivity contribution in [1.82, 2.24) is 10.2 Å². The van der Waals surface area contributed by atoms with Crippen molar-refractivity contribution in [3.63, 3.8) is 0 Å². The minimum Gasteiger partial charge on any atom is -0.504 e. The Morgan fingerprint density at radius 1 is 1.39 bits per heavy atom. The van der Waals surface area contributed by atoms with E-state index in [2.05, 4.69) is 5.32 Å². The second-order valence-corrected chi connectivity index (χ2v) is 6.15. The molecule has 0 aliphatic carbocycles. The quantitative estimate of drug-likeness (QED) is 0.565. The topological polar surface area (TPSA) is 88.1 Å². The van der Waals surface area contributed by atoms with Gasteiger partial charge in [0.05, 0.1) is 29.4 Å². The van der Waals surface area contributed by atoms with E-state index < -0.39 is 12.0 Å². The number of carbonyl (C=O) groups excluding carboxylic acids is 2. The van der Waals surface area contributed by atoms with Gasteiger partial charge in [-0.2, -0.15) is 0 Å². The van der Waals surface area contributed by atoms with Crippen molar-refractivity contribution < 1.29 is 24.2 Å². The molecule has 23 heavy (non-hydrogen) atoms. The number of methoxy groups -OCH3 is 2. The highest BCUT2D eigenvalue weighted by molar-refractivity contribution is 14.1. The van der Waals surface area contributed by atoms with Gasteiger partial charge >= 0.3 is 12.0 Å². The molecule has 2 N–H and O–H groups in total. The summed E-state index contributed by atoms with van der Waals surface area (Å²) >= 11 is 1.96. The predicted octanol–water partition coefficient (Wildman–Crippen LogP) is 2.15. The number of halogens is 1. The van der Waals surface area contributed by atoms with Gasteiger partial charge in [-0.05, 0) is 47.2 Å². The number of hydrogen-bond donors (Lipinski definition) is 2. The maximum atomic E-state index is 12.2. The summed E-state index contributed by atoms with van der Waals surface area (Å²) in [6, 6.07) is 2.26. The van der Waals surface area contributed by atoms with E-state index in [-0.39, 0.29) is 17.5 Å². The Balaban J connectivity index is 2.62. The van der Waals surface area contributed by atoms with Crippen molar-refractivity contribution in [2.24, 2.45) is 0 Å². The van der Waals surface area contributed by atoms with Crippen LogP contribution in [0.3, 0.4) is 0 Å². The summed E-state index contributed by atoms with van der Waals surface area (Å²) in [6.07, 6.45) is 0. The van der Waals surface area contributed by atoms with Crippen LogP contribution in [0.5, 0.6) is 11.5 Å². The lowest BCUT2D eigenvalue weighted by molar-refractivity contribution is -0.136. The minimum atomic E-state index is -0.686. The lowest BCUT2D eigenvalue weighted by Gasteiger charge is -2.33. The van der Waals surface area contributed by atoms with Crippen LogP contribution in [-0.4, -0.2) is 43.3 Å². The first-order valence-electron chi connectivity index (χ1n) is 6.71. The number of ether oxygens (including phenoxy) is 2. The average Bonchev–Trinajstić information content (AvgIpc) is 2.54. The molecule has 0 aromatic heterocycles. The molecule has 0 saturated carbocycles. The van der Waals surface area contributed by atoms with Crippen LogP contribution in [0, 0.1) is 3.57 Å². The molecule has 0 spiro atoms. The van der Waals surface area contributed by atoms with Crippen molar-refractivity contribution in [2.75, 3.05) is 21.3 Å². The Hall–Kier alpha value is -1.97. The Morgan fingerprint density at radius 3 is 2.61 bits per heavy atom. The summed E-state index contributed by atoms with van der Waals surface area (Å²) in [5, 5.41) is 12.7. The van der Waals surface area contributed by atoms with Gasteiger partial charge in [0, 0.05) is 12.7 Å². The molecule has 2 rings (SSSR count). The average molecular weight is 432 g/mol. The third kappa shape index (κ3) is 3.07. The van der Waals surface area contributed by atoms with Gasteiger partial charge in [-0.15, -0.1) is 0 Å². The molecule has 0 bridgehead atoms. The summed E-state index contributed by atoms with van der Waals surface area (Å²) in [7, 11) is 4.30. The predicted molar refractivity (Wildman–Crippen MR) is 91.1 cm³/mol.